The molecular formula is C16H33NO2. The monoisotopic (exact) mass is 271 g/mol. The van der Waals surface area contributed by atoms with Gasteiger partial charge in [-0.05, 0) is 12.8 Å². The molecule has 0 aliphatic carbocycles. The number of hydrogen-bond donors (Lipinski definition) is 3. The van der Waals surface area contributed by atoms with Crippen molar-refractivity contribution in [2.75, 3.05) is 6.61 Å². The van der Waals surface area contributed by atoms with Crippen molar-refractivity contribution < 1.29 is 10.2 Å². The summed E-state index contributed by atoms with van der Waals surface area (Å²) in [6.07, 6.45) is 15.9. The SMILES string of the molecule is CCCCCCCCCCC/C=C/[C@H](O)[C@H](N)CO. The van der Waals surface area contributed by atoms with Crippen LogP contribution in [0.5, 0.6) is 0 Å². The summed E-state index contributed by atoms with van der Waals surface area (Å²) in [7, 11) is 0. The molecule has 3 heteroatoms. The Kier molecular flexibility index (Phi) is 13.8. The molecule has 0 aliphatic rings. The van der Waals surface area contributed by atoms with Crippen molar-refractivity contribution in [1.29, 1.82) is 0 Å². The molecule has 0 radical (unpaired) electrons. The van der Waals surface area contributed by atoms with Gasteiger partial charge in [0.1, 0.15) is 0 Å². The molecule has 0 amide bonds. The minimum absolute atomic E-state index is 0.177. The lowest BCUT2D eigenvalue weighted by molar-refractivity contribution is 0.144. The quantitative estimate of drug-likeness (QED) is 0.356. The second-order valence-corrected chi connectivity index (χ2v) is 5.38. The summed E-state index contributed by atoms with van der Waals surface area (Å²) >= 11 is 0. The average molecular weight is 271 g/mol. The predicted molar refractivity (Wildman–Crippen MR) is 82.1 cm³/mol. The molecule has 0 saturated heterocycles. The number of aliphatic hydroxyl groups is 2. The van der Waals surface area contributed by atoms with Crippen molar-refractivity contribution in [3.63, 3.8) is 0 Å². The van der Waals surface area contributed by atoms with E-state index in [9.17, 15) is 5.11 Å². The largest absolute Gasteiger partial charge is 0.395 e. The number of rotatable bonds is 13. The first-order valence-corrected chi connectivity index (χ1v) is 7.93. The molecule has 0 heterocycles. The summed E-state index contributed by atoms with van der Waals surface area (Å²) in [5.74, 6) is 0. The van der Waals surface area contributed by atoms with Crippen molar-refractivity contribution >= 4 is 0 Å². The summed E-state index contributed by atoms with van der Waals surface area (Å²) in [5, 5.41) is 18.3. The Bertz CT molecular complexity index is 207. The van der Waals surface area contributed by atoms with Crippen LogP contribution in [0.2, 0.25) is 0 Å². The third-order valence-corrected chi connectivity index (χ3v) is 3.46. The van der Waals surface area contributed by atoms with Gasteiger partial charge in [-0.3, -0.25) is 0 Å². The second kappa shape index (κ2) is 14.0. The zero-order valence-corrected chi connectivity index (χ0v) is 12.6. The van der Waals surface area contributed by atoms with Crippen LogP contribution >= 0.6 is 0 Å². The predicted octanol–water partition coefficient (Wildman–Crippen LogP) is 3.14. The molecule has 0 saturated carbocycles. The fourth-order valence-electron chi connectivity index (χ4n) is 2.06. The van der Waals surface area contributed by atoms with Gasteiger partial charge in [0.25, 0.3) is 0 Å². The van der Waals surface area contributed by atoms with Crippen LogP contribution in [-0.4, -0.2) is 29.0 Å². The Labute approximate surface area is 118 Å². The topological polar surface area (TPSA) is 66.5 Å². The van der Waals surface area contributed by atoms with Gasteiger partial charge in [0.05, 0.1) is 18.8 Å². The molecule has 0 spiro atoms. The van der Waals surface area contributed by atoms with Crippen LogP contribution in [0.1, 0.15) is 71.1 Å². The third-order valence-electron chi connectivity index (χ3n) is 3.46. The summed E-state index contributed by atoms with van der Waals surface area (Å²) < 4.78 is 0. The van der Waals surface area contributed by atoms with Gasteiger partial charge in [0, 0.05) is 0 Å². The van der Waals surface area contributed by atoms with E-state index in [0.29, 0.717) is 0 Å². The first-order valence-electron chi connectivity index (χ1n) is 7.93. The molecule has 0 aromatic rings. The highest BCUT2D eigenvalue weighted by molar-refractivity contribution is 4.93. The molecule has 0 fully saturated rings. The van der Waals surface area contributed by atoms with Gasteiger partial charge in [0.2, 0.25) is 0 Å². The Morgan fingerprint density at radius 3 is 2.00 bits per heavy atom. The lowest BCUT2D eigenvalue weighted by atomic mass is 10.1. The number of unbranched alkanes of at least 4 members (excludes halogenated alkanes) is 9. The van der Waals surface area contributed by atoms with E-state index in [1.807, 2.05) is 6.08 Å². The maximum atomic E-state index is 9.49. The highest BCUT2D eigenvalue weighted by Crippen LogP contribution is 2.10. The van der Waals surface area contributed by atoms with Crippen LogP contribution in [-0.2, 0) is 0 Å². The number of nitrogens with two attached hydrogens (primary N) is 1. The molecule has 0 rings (SSSR count). The maximum absolute atomic E-state index is 9.49. The van der Waals surface area contributed by atoms with E-state index in [0.717, 1.165) is 6.42 Å². The van der Waals surface area contributed by atoms with Crippen LogP contribution in [0, 0.1) is 0 Å². The molecular weight excluding hydrogens is 238 g/mol. The zero-order valence-electron chi connectivity index (χ0n) is 12.6. The average Bonchev–Trinajstić information content (AvgIpc) is 2.43. The maximum Gasteiger partial charge on any atom is 0.0894 e. The fourth-order valence-corrected chi connectivity index (χ4v) is 2.06. The molecule has 2 atom stereocenters. The van der Waals surface area contributed by atoms with Crippen LogP contribution in [0.15, 0.2) is 12.2 Å². The van der Waals surface area contributed by atoms with E-state index in [2.05, 4.69) is 6.92 Å². The molecule has 114 valence electrons. The lowest BCUT2D eigenvalue weighted by Crippen LogP contribution is -2.36. The van der Waals surface area contributed by atoms with E-state index < -0.39 is 12.1 Å². The zero-order chi connectivity index (χ0) is 14.3. The molecule has 0 aliphatic heterocycles. The molecule has 19 heavy (non-hydrogen) atoms. The van der Waals surface area contributed by atoms with E-state index >= 15 is 0 Å². The van der Waals surface area contributed by atoms with Gasteiger partial charge < -0.3 is 15.9 Å². The van der Waals surface area contributed by atoms with Crippen LogP contribution in [0.25, 0.3) is 0 Å². The van der Waals surface area contributed by atoms with E-state index in [1.165, 1.54) is 57.8 Å². The summed E-state index contributed by atoms with van der Waals surface area (Å²) in [6.45, 7) is 2.07. The number of allylic oxidation sites excluding steroid dienone is 1. The highest BCUT2D eigenvalue weighted by atomic mass is 16.3. The Balaban J connectivity index is 3.24. The minimum Gasteiger partial charge on any atom is -0.395 e. The standard InChI is InChI=1S/C16H33NO2/c1-2-3-4-5-6-7-8-9-10-11-12-13-16(19)15(17)14-18/h12-13,15-16,18-19H,2-11,14,17H2,1H3/b13-12+/t15-,16+/m1/s1. The van der Waals surface area contributed by atoms with Crippen LogP contribution in [0.4, 0.5) is 0 Å². The van der Waals surface area contributed by atoms with Gasteiger partial charge in [0.15, 0.2) is 0 Å². The first kappa shape index (κ1) is 18.6. The number of aliphatic hydroxyl groups excluding tert-OH is 2. The van der Waals surface area contributed by atoms with Gasteiger partial charge in [-0.25, -0.2) is 0 Å². The van der Waals surface area contributed by atoms with Gasteiger partial charge in [-0.1, -0.05) is 70.4 Å². The molecule has 0 aromatic heterocycles. The van der Waals surface area contributed by atoms with E-state index in [1.54, 1.807) is 6.08 Å². The van der Waals surface area contributed by atoms with Crippen molar-refractivity contribution in [2.45, 2.75) is 83.3 Å². The Morgan fingerprint density at radius 1 is 0.947 bits per heavy atom. The van der Waals surface area contributed by atoms with Crippen molar-refractivity contribution in [3.05, 3.63) is 12.2 Å². The third kappa shape index (κ3) is 12.4. The summed E-state index contributed by atoms with van der Waals surface area (Å²) in [6, 6.07) is -0.556. The molecule has 3 nitrogen and oxygen atoms in total. The second-order valence-electron chi connectivity index (χ2n) is 5.38. The van der Waals surface area contributed by atoms with Crippen molar-refractivity contribution in [1.82, 2.24) is 0 Å². The molecule has 0 aromatic carbocycles. The normalized spacial score (nSPS) is 14.9. The number of hydrogen-bond acceptors (Lipinski definition) is 3. The van der Waals surface area contributed by atoms with Crippen molar-refractivity contribution in [3.8, 4) is 0 Å². The smallest absolute Gasteiger partial charge is 0.0894 e. The van der Waals surface area contributed by atoms with E-state index in [-0.39, 0.29) is 6.61 Å². The van der Waals surface area contributed by atoms with Crippen LogP contribution < -0.4 is 5.73 Å². The van der Waals surface area contributed by atoms with Gasteiger partial charge >= 0.3 is 0 Å². The summed E-state index contributed by atoms with van der Waals surface area (Å²) in [5.41, 5.74) is 5.50. The van der Waals surface area contributed by atoms with Gasteiger partial charge in [-0.2, -0.15) is 0 Å². The summed E-state index contributed by atoms with van der Waals surface area (Å²) in [4.78, 5) is 0. The highest BCUT2D eigenvalue weighted by Gasteiger charge is 2.08. The lowest BCUT2D eigenvalue weighted by Gasteiger charge is -2.11. The Morgan fingerprint density at radius 2 is 1.47 bits per heavy atom. The molecule has 0 bridgehead atoms. The van der Waals surface area contributed by atoms with Crippen molar-refractivity contribution in [2.24, 2.45) is 5.73 Å². The molecule has 0 unspecified atom stereocenters. The fraction of sp³-hybridized carbons (Fsp3) is 0.875. The first-order chi connectivity index (χ1) is 9.22. The van der Waals surface area contributed by atoms with E-state index in [4.69, 9.17) is 10.8 Å². The van der Waals surface area contributed by atoms with Crippen LogP contribution in [0.3, 0.4) is 0 Å². The van der Waals surface area contributed by atoms with Gasteiger partial charge in [-0.15, -0.1) is 0 Å². The minimum atomic E-state index is -0.719. The Hall–Kier alpha value is -0.380. The molecule has 4 N–H and O–H groups in total.